The number of imidazole rings is 1. The van der Waals surface area contributed by atoms with Gasteiger partial charge in [0, 0.05) is 24.6 Å². The molecule has 5 aromatic rings. The number of fused-ring (bicyclic) bond motifs is 1. The number of nitrogens with zero attached hydrogens (tertiary/aromatic N) is 3. The van der Waals surface area contributed by atoms with Gasteiger partial charge in [0.15, 0.2) is 5.65 Å². The first-order valence-electron chi connectivity index (χ1n) is 13.8. The van der Waals surface area contributed by atoms with Gasteiger partial charge in [0.2, 0.25) is 12.2 Å². The summed E-state index contributed by atoms with van der Waals surface area (Å²) in [7, 11) is 0. The van der Waals surface area contributed by atoms with Crippen molar-refractivity contribution in [1.29, 1.82) is 0 Å². The van der Waals surface area contributed by atoms with Crippen molar-refractivity contribution in [3.05, 3.63) is 108 Å². The van der Waals surface area contributed by atoms with E-state index in [2.05, 4.69) is 0 Å². The SMILES string of the molecule is OC[C@H]1O[C@@H](Oc2c(Cc3ccc(O)cc3)nc3c(Cc4ccccc4)nc(-c4ccc(O)cc4)cn23)[C@H](O)[C@@H](O)[C@H]1O. The lowest BCUT2D eigenvalue weighted by molar-refractivity contribution is -0.278. The van der Waals surface area contributed by atoms with Crippen molar-refractivity contribution in [2.45, 2.75) is 43.5 Å². The van der Waals surface area contributed by atoms with Gasteiger partial charge < -0.3 is 40.1 Å². The largest absolute Gasteiger partial charge is 0.508 e. The first-order chi connectivity index (χ1) is 20.8. The average molecular weight is 586 g/mol. The van der Waals surface area contributed by atoms with E-state index < -0.39 is 37.3 Å². The number of aromatic hydroxyl groups is 2. The van der Waals surface area contributed by atoms with Crippen LogP contribution in [0.15, 0.2) is 85.1 Å². The number of phenolic OH excluding ortho intramolecular Hbond substituents is 2. The van der Waals surface area contributed by atoms with Crippen LogP contribution in [0.2, 0.25) is 0 Å². The van der Waals surface area contributed by atoms with Crippen molar-refractivity contribution >= 4 is 5.65 Å². The number of hydrogen-bond acceptors (Lipinski definition) is 10. The van der Waals surface area contributed by atoms with Gasteiger partial charge in [-0.05, 0) is 47.5 Å². The third-order valence-corrected chi connectivity index (χ3v) is 7.46. The fourth-order valence-electron chi connectivity index (χ4n) is 5.14. The molecule has 1 fully saturated rings. The van der Waals surface area contributed by atoms with E-state index in [-0.39, 0.29) is 23.8 Å². The van der Waals surface area contributed by atoms with Gasteiger partial charge in [-0.1, -0.05) is 42.5 Å². The maximum atomic E-state index is 10.8. The summed E-state index contributed by atoms with van der Waals surface area (Å²) in [5, 5.41) is 60.8. The molecule has 222 valence electrons. The van der Waals surface area contributed by atoms with Crippen LogP contribution in [0.25, 0.3) is 16.9 Å². The first kappa shape index (κ1) is 28.6. The molecule has 5 atom stereocenters. The van der Waals surface area contributed by atoms with Crippen molar-refractivity contribution in [2.24, 2.45) is 0 Å². The van der Waals surface area contributed by atoms with Gasteiger partial charge >= 0.3 is 0 Å². The van der Waals surface area contributed by atoms with Crippen molar-refractivity contribution < 1.29 is 40.1 Å². The molecular weight excluding hydrogens is 554 g/mol. The van der Waals surface area contributed by atoms with Gasteiger partial charge in [0.25, 0.3) is 0 Å². The van der Waals surface area contributed by atoms with Gasteiger partial charge in [-0.25, -0.2) is 9.97 Å². The summed E-state index contributed by atoms with van der Waals surface area (Å²) < 4.78 is 13.6. The van der Waals surface area contributed by atoms with Gasteiger partial charge in [0.05, 0.1) is 18.0 Å². The summed E-state index contributed by atoms with van der Waals surface area (Å²) in [5.74, 6) is 0.424. The minimum Gasteiger partial charge on any atom is -0.508 e. The van der Waals surface area contributed by atoms with Crippen LogP contribution in [0.3, 0.4) is 0 Å². The Morgan fingerprint density at radius 3 is 2.02 bits per heavy atom. The molecule has 0 radical (unpaired) electrons. The minimum atomic E-state index is -1.63. The Labute approximate surface area is 246 Å². The highest BCUT2D eigenvalue weighted by Crippen LogP contribution is 2.32. The molecular formula is C32H31N3O8. The summed E-state index contributed by atoms with van der Waals surface area (Å²) >= 11 is 0. The predicted octanol–water partition coefficient (Wildman–Crippen LogP) is 2.17. The molecule has 1 aliphatic heterocycles. The second kappa shape index (κ2) is 12.0. The van der Waals surface area contributed by atoms with Gasteiger partial charge in [-0.2, -0.15) is 0 Å². The number of aromatic nitrogens is 3. The van der Waals surface area contributed by atoms with E-state index >= 15 is 0 Å². The van der Waals surface area contributed by atoms with Gasteiger partial charge in [-0.3, -0.25) is 4.40 Å². The molecule has 0 aliphatic carbocycles. The van der Waals surface area contributed by atoms with Gasteiger partial charge in [0.1, 0.15) is 41.6 Å². The second-order valence-corrected chi connectivity index (χ2v) is 10.5. The normalized spacial score (nSPS) is 22.1. The molecule has 0 unspecified atom stereocenters. The zero-order valence-electron chi connectivity index (χ0n) is 22.9. The molecule has 11 heteroatoms. The lowest BCUT2D eigenvalue weighted by Gasteiger charge is -2.39. The minimum absolute atomic E-state index is 0.111. The summed E-state index contributed by atoms with van der Waals surface area (Å²) in [4.78, 5) is 9.85. The smallest absolute Gasteiger partial charge is 0.231 e. The number of aliphatic hydroxyl groups excluding tert-OH is 4. The molecule has 3 aromatic carbocycles. The number of aliphatic hydroxyl groups is 4. The third kappa shape index (κ3) is 5.89. The van der Waals surface area contributed by atoms with E-state index in [9.17, 15) is 30.6 Å². The Morgan fingerprint density at radius 2 is 1.35 bits per heavy atom. The number of ether oxygens (including phenoxy) is 2. The highest BCUT2D eigenvalue weighted by molar-refractivity contribution is 5.64. The number of hydrogen-bond donors (Lipinski definition) is 6. The van der Waals surface area contributed by atoms with E-state index in [4.69, 9.17) is 19.4 Å². The summed E-state index contributed by atoms with van der Waals surface area (Å²) in [5.41, 5.74) is 4.68. The highest BCUT2D eigenvalue weighted by atomic mass is 16.7. The van der Waals surface area contributed by atoms with E-state index in [0.29, 0.717) is 29.1 Å². The maximum absolute atomic E-state index is 10.8. The molecule has 0 amide bonds. The number of phenols is 2. The number of rotatable bonds is 8. The Kier molecular flexibility index (Phi) is 7.98. The van der Waals surface area contributed by atoms with Crippen molar-refractivity contribution in [3.8, 4) is 28.6 Å². The van der Waals surface area contributed by atoms with Crippen LogP contribution in [0.5, 0.6) is 17.4 Å². The molecule has 6 rings (SSSR count). The predicted molar refractivity (Wildman–Crippen MR) is 155 cm³/mol. The number of benzene rings is 3. The monoisotopic (exact) mass is 585 g/mol. The lowest BCUT2D eigenvalue weighted by Crippen LogP contribution is -2.60. The van der Waals surface area contributed by atoms with Crippen LogP contribution >= 0.6 is 0 Å². The third-order valence-electron chi connectivity index (χ3n) is 7.46. The van der Waals surface area contributed by atoms with Crippen LogP contribution in [0.1, 0.15) is 22.5 Å². The van der Waals surface area contributed by atoms with Crippen LogP contribution < -0.4 is 4.74 Å². The van der Waals surface area contributed by atoms with Crippen LogP contribution in [-0.4, -0.2) is 82.3 Å². The zero-order valence-corrected chi connectivity index (χ0v) is 22.9. The summed E-state index contributed by atoms with van der Waals surface area (Å²) in [6, 6.07) is 23.0. The maximum Gasteiger partial charge on any atom is 0.231 e. The molecule has 1 aliphatic rings. The molecule has 3 heterocycles. The van der Waals surface area contributed by atoms with E-state index in [0.717, 1.165) is 16.7 Å². The van der Waals surface area contributed by atoms with Crippen molar-refractivity contribution in [1.82, 2.24) is 14.4 Å². The van der Waals surface area contributed by atoms with Crippen molar-refractivity contribution in [3.63, 3.8) is 0 Å². The quantitative estimate of drug-likeness (QED) is 0.159. The first-order valence-corrected chi connectivity index (χ1v) is 13.8. The highest BCUT2D eigenvalue weighted by Gasteiger charge is 2.45. The Morgan fingerprint density at radius 1 is 0.721 bits per heavy atom. The zero-order chi connectivity index (χ0) is 30.1. The van der Waals surface area contributed by atoms with E-state index in [1.54, 1.807) is 59.1 Å². The molecule has 2 aromatic heterocycles. The fraction of sp³-hybridized carbons (Fsp3) is 0.250. The Hall–Kier alpha value is -4.52. The molecule has 11 nitrogen and oxygen atoms in total. The van der Waals surface area contributed by atoms with Crippen LogP contribution in [0, 0.1) is 0 Å². The Balaban J connectivity index is 1.52. The summed E-state index contributed by atoms with van der Waals surface area (Å²) in [6.07, 6.45) is -4.97. The Bertz CT molecular complexity index is 1690. The molecule has 0 bridgehead atoms. The standard InChI is InChI=1S/C32H31N3O8/c36-17-26-27(39)28(40)29(41)32(42-26)43-31-24(15-19-6-10-21(37)11-7-19)34-30-23(14-18-4-2-1-3-5-18)33-25(16-35(30)31)20-8-12-22(38)13-9-20/h1-13,16,26-29,32,36-41H,14-15,17H2/t26-,27+,28+,29-,32+/m1/s1. The molecule has 0 spiro atoms. The average Bonchev–Trinajstić information content (AvgIpc) is 3.36. The molecule has 6 N–H and O–H groups in total. The fourth-order valence-corrected chi connectivity index (χ4v) is 5.14. The van der Waals surface area contributed by atoms with E-state index in [1.165, 1.54) is 0 Å². The molecule has 43 heavy (non-hydrogen) atoms. The topological polar surface area (TPSA) is 170 Å². The second-order valence-electron chi connectivity index (χ2n) is 10.5. The molecule has 0 saturated carbocycles. The van der Waals surface area contributed by atoms with E-state index in [1.807, 2.05) is 30.3 Å². The van der Waals surface area contributed by atoms with Crippen LogP contribution in [-0.2, 0) is 17.6 Å². The van der Waals surface area contributed by atoms with Gasteiger partial charge in [-0.15, -0.1) is 0 Å². The van der Waals surface area contributed by atoms with Crippen molar-refractivity contribution in [2.75, 3.05) is 6.61 Å². The molecule has 1 saturated heterocycles. The van der Waals surface area contributed by atoms with Crippen LogP contribution in [0.4, 0.5) is 0 Å². The summed E-state index contributed by atoms with van der Waals surface area (Å²) in [6.45, 7) is -0.603. The lowest BCUT2D eigenvalue weighted by atomic mass is 9.99.